The summed E-state index contributed by atoms with van der Waals surface area (Å²) in [5.74, 6) is -0.223. The molecule has 0 spiro atoms. The van der Waals surface area contributed by atoms with E-state index in [-0.39, 0.29) is 17.7 Å². The molecule has 0 unspecified atom stereocenters. The first-order chi connectivity index (χ1) is 10.9. The molecule has 2 amide bonds. The van der Waals surface area contributed by atoms with E-state index >= 15 is 0 Å². The van der Waals surface area contributed by atoms with E-state index in [1.807, 2.05) is 20.8 Å². The number of likely N-dealkylation sites (tertiary alicyclic amines) is 1. The largest absolute Gasteiger partial charge is 0.324 e. The van der Waals surface area contributed by atoms with Crippen molar-refractivity contribution in [1.82, 2.24) is 9.88 Å². The molecule has 0 aromatic carbocycles. The van der Waals surface area contributed by atoms with Gasteiger partial charge in [-0.3, -0.25) is 19.5 Å². The minimum absolute atomic E-state index is 0.0504. The fourth-order valence-electron chi connectivity index (χ4n) is 2.62. The summed E-state index contributed by atoms with van der Waals surface area (Å²) >= 11 is 0. The van der Waals surface area contributed by atoms with Gasteiger partial charge < -0.3 is 10.6 Å². The average molecular weight is 318 g/mol. The number of nitrogens with one attached hydrogen (secondary N) is 2. The lowest BCUT2D eigenvalue weighted by atomic mass is 10.2. The van der Waals surface area contributed by atoms with Crippen LogP contribution in [0.1, 0.15) is 39.3 Å². The Balaban J connectivity index is 1.99. The number of carbonyl (C=O) groups excluding carboxylic acids is 2. The monoisotopic (exact) mass is 318 g/mol. The van der Waals surface area contributed by atoms with Gasteiger partial charge in [-0.05, 0) is 39.3 Å². The van der Waals surface area contributed by atoms with Crippen LogP contribution in [-0.4, -0.2) is 40.8 Å². The number of anilines is 2. The van der Waals surface area contributed by atoms with Crippen molar-refractivity contribution < 1.29 is 9.59 Å². The molecule has 2 rings (SSSR count). The van der Waals surface area contributed by atoms with E-state index in [0.717, 1.165) is 25.1 Å². The minimum Gasteiger partial charge on any atom is -0.324 e. The lowest BCUT2D eigenvalue weighted by Crippen LogP contribution is -2.35. The van der Waals surface area contributed by atoms with Crippen molar-refractivity contribution in [2.75, 3.05) is 23.7 Å². The Morgan fingerprint density at radius 1 is 1.39 bits per heavy atom. The zero-order valence-electron chi connectivity index (χ0n) is 14.3. The number of amides is 2. The smallest absolute Gasteiger partial charge is 0.238 e. The van der Waals surface area contributed by atoms with Crippen molar-refractivity contribution in [1.29, 1.82) is 0 Å². The minimum atomic E-state index is -0.107. The maximum Gasteiger partial charge on any atom is 0.238 e. The second kappa shape index (κ2) is 7.55. The first-order valence-electron chi connectivity index (χ1n) is 8.18. The summed E-state index contributed by atoms with van der Waals surface area (Å²) in [7, 11) is 0. The standard InChI is InChI=1S/C17H26N4O2/c1-11(2)17(23)20-15-8-14(9-18-13(15)4)19-16(22)10-21-7-5-6-12(21)3/h8-9,11-12H,5-7,10H2,1-4H3,(H,19,22)(H,20,23)/t12-/m1/s1. The number of carbonyl (C=O) groups is 2. The fourth-order valence-corrected chi connectivity index (χ4v) is 2.62. The highest BCUT2D eigenvalue weighted by molar-refractivity contribution is 5.95. The quantitative estimate of drug-likeness (QED) is 0.874. The summed E-state index contributed by atoms with van der Waals surface area (Å²) in [5, 5.41) is 5.71. The summed E-state index contributed by atoms with van der Waals surface area (Å²) in [6.07, 6.45) is 3.91. The lowest BCUT2D eigenvalue weighted by Gasteiger charge is -2.20. The number of hydrogen-bond donors (Lipinski definition) is 2. The highest BCUT2D eigenvalue weighted by Crippen LogP contribution is 2.19. The van der Waals surface area contributed by atoms with Crippen LogP contribution in [0.25, 0.3) is 0 Å². The molecule has 2 N–H and O–H groups in total. The highest BCUT2D eigenvalue weighted by Gasteiger charge is 2.22. The van der Waals surface area contributed by atoms with Crippen molar-refractivity contribution in [3.63, 3.8) is 0 Å². The predicted octanol–water partition coefficient (Wildman–Crippen LogP) is 2.41. The second-order valence-corrected chi connectivity index (χ2v) is 6.51. The third-order valence-electron chi connectivity index (χ3n) is 4.19. The van der Waals surface area contributed by atoms with Gasteiger partial charge in [-0.2, -0.15) is 0 Å². The molecule has 23 heavy (non-hydrogen) atoms. The maximum atomic E-state index is 12.2. The summed E-state index contributed by atoms with van der Waals surface area (Å²) in [4.78, 5) is 30.4. The summed E-state index contributed by atoms with van der Waals surface area (Å²) in [6.45, 7) is 9.00. The van der Waals surface area contributed by atoms with Gasteiger partial charge in [0.1, 0.15) is 0 Å². The van der Waals surface area contributed by atoms with E-state index in [9.17, 15) is 9.59 Å². The van der Waals surface area contributed by atoms with Crippen molar-refractivity contribution in [3.8, 4) is 0 Å². The number of rotatable bonds is 5. The predicted molar refractivity (Wildman–Crippen MR) is 91.3 cm³/mol. The van der Waals surface area contributed by atoms with Crippen molar-refractivity contribution in [2.45, 2.75) is 46.6 Å². The summed E-state index contributed by atoms with van der Waals surface area (Å²) in [5.41, 5.74) is 1.97. The van der Waals surface area contributed by atoms with Gasteiger partial charge in [-0.25, -0.2) is 0 Å². The molecule has 0 radical (unpaired) electrons. The molecular formula is C17H26N4O2. The molecule has 2 heterocycles. The molecule has 1 saturated heterocycles. The van der Waals surface area contributed by atoms with Gasteiger partial charge in [0.15, 0.2) is 0 Å². The SMILES string of the molecule is Cc1ncc(NC(=O)CN2CCC[C@H]2C)cc1NC(=O)C(C)C. The Kier molecular flexibility index (Phi) is 5.71. The molecule has 0 bridgehead atoms. The molecule has 1 aliphatic rings. The summed E-state index contributed by atoms with van der Waals surface area (Å²) in [6, 6.07) is 2.21. The Hall–Kier alpha value is -1.95. The van der Waals surface area contributed by atoms with E-state index < -0.39 is 0 Å². The van der Waals surface area contributed by atoms with Gasteiger partial charge >= 0.3 is 0 Å². The van der Waals surface area contributed by atoms with Crippen LogP contribution in [0.2, 0.25) is 0 Å². The molecule has 126 valence electrons. The fraction of sp³-hybridized carbons (Fsp3) is 0.588. The Morgan fingerprint density at radius 2 is 2.13 bits per heavy atom. The van der Waals surface area contributed by atoms with Gasteiger partial charge in [-0.1, -0.05) is 13.8 Å². The molecule has 1 fully saturated rings. The Labute approximate surface area is 137 Å². The van der Waals surface area contributed by atoms with Crippen molar-refractivity contribution in [2.24, 2.45) is 5.92 Å². The van der Waals surface area contributed by atoms with E-state index in [1.165, 1.54) is 0 Å². The molecule has 1 aliphatic heterocycles. The van der Waals surface area contributed by atoms with Gasteiger partial charge in [0, 0.05) is 12.0 Å². The van der Waals surface area contributed by atoms with E-state index in [1.54, 1.807) is 12.3 Å². The van der Waals surface area contributed by atoms with Gasteiger partial charge in [-0.15, -0.1) is 0 Å². The second-order valence-electron chi connectivity index (χ2n) is 6.51. The maximum absolute atomic E-state index is 12.2. The number of hydrogen-bond acceptors (Lipinski definition) is 4. The van der Waals surface area contributed by atoms with Crippen LogP contribution in [0.4, 0.5) is 11.4 Å². The Morgan fingerprint density at radius 3 is 2.74 bits per heavy atom. The van der Waals surface area contributed by atoms with E-state index in [0.29, 0.717) is 24.0 Å². The molecule has 1 aromatic heterocycles. The Bertz CT molecular complexity index is 586. The molecule has 6 nitrogen and oxygen atoms in total. The van der Waals surface area contributed by atoms with Crippen LogP contribution in [0, 0.1) is 12.8 Å². The molecular weight excluding hydrogens is 292 g/mol. The van der Waals surface area contributed by atoms with Crippen LogP contribution in [-0.2, 0) is 9.59 Å². The van der Waals surface area contributed by atoms with Crippen LogP contribution in [0.5, 0.6) is 0 Å². The topological polar surface area (TPSA) is 74.3 Å². The third-order valence-corrected chi connectivity index (χ3v) is 4.19. The number of aromatic nitrogens is 1. The molecule has 0 saturated carbocycles. The first kappa shape index (κ1) is 17.4. The van der Waals surface area contributed by atoms with Crippen LogP contribution >= 0.6 is 0 Å². The number of pyridine rings is 1. The van der Waals surface area contributed by atoms with Gasteiger partial charge in [0.2, 0.25) is 11.8 Å². The number of aryl methyl sites for hydroxylation is 1. The molecule has 1 atom stereocenters. The zero-order chi connectivity index (χ0) is 17.0. The first-order valence-corrected chi connectivity index (χ1v) is 8.18. The van der Waals surface area contributed by atoms with Crippen molar-refractivity contribution >= 4 is 23.2 Å². The van der Waals surface area contributed by atoms with Gasteiger partial charge in [0.25, 0.3) is 0 Å². The van der Waals surface area contributed by atoms with E-state index in [4.69, 9.17) is 0 Å². The summed E-state index contributed by atoms with van der Waals surface area (Å²) < 4.78 is 0. The molecule has 6 heteroatoms. The van der Waals surface area contributed by atoms with Crippen LogP contribution in [0.15, 0.2) is 12.3 Å². The lowest BCUT2D eigenvalue weighted by molar-refractivity contribution is -0.119. The molecule has 0 aliphatic carbocycles. The van der Waals surface area contributed by atoms with Crippen molar-refractivity contribution in [3.05, 3.63) is 18.0 Å². The normalized spacial score (nSPS) is 18.2. The molecule has 1 aromatic rings. The average Bonchev–Trinajstić information content (AvgIpc) is 2.87. The van der Waals surface area contributed by atoms with Gasteiger partial charge in [0.05, 0.1) is 29.8 Å². The number of nitrogens with zero attached hydrogens (tertiary/aromatic N) is 2. The van der Waals surface area contributed by atoms with E-state index in [2.05, 4.69) is 27.4 Å². The highest BCUT2D eigenvalue weighted by atomic mass is 16.2. The zero-order valence-corrected chi connectivity index (χ0v) is 14.3. The third kappa shape index (κ3) is 4.76. The van der Waals surface area contributed by atoms with Crippen LogP contribution < -0.4 is 10.6 Å². The van der Waals surface area contributed by atoms with Crippen LogP contribution in [0.3, 0.4) is 0 Å².